The summed E-state index contributed by atoms with van der Waals surface area (Å²) in [6.45, 7) is 11.1. The van der Waals surface area contributed by atoms with Crippen LogP contribution in [-0.4, -0.2) is 29.9 Å². The molecule has 0 saturated carbocycles. The Kier molecular flexibility index (Phi) is 5.60. The highest BCUT2D eigenvalue weighted by Crippen LogP contribution is 2.25. The number of aryl methyl sites for hydroxylation is 1. The Balaban J connectivity index is 2.68. The van der Waals surface area contributed by atoms with Crippen LogP contribution in [0.15, 0.2) is 18.2 Å². The highest BCUT2D eigenvalue weighted by Gasteiger charge is 2.23. The summed E-state index contributed by atoms with van der Waals surface area (Å²) in [6.07, 6.45) is 1.31. The van der Waals surface area contributed by atoms with Gasteiger partial charge in [-0.15, -0.1) is 0 Å². The maximum absolute atomic E-state index is 10.6. The van der Waals surface area contributed by atoms with Crippen molar-refractivity contribution in [2.24, 2.45) is 0 Å². The Morgan fingerprint density at radius 1 is 1.20 bits per heavy atom. The van der Waals surface area contributed by atoms with Gasteiger partial charge in [0.2, 0.25) is 0 Å². The Morgan fingerprint density at radius 2 is 1.85 bits per heavy atom. The molecule has 1 atom stereocenters. The number of hydrogen-bond acceptors (Lipinski definition) is 3. The van der Waals surface area contributed by atoms with Crippen LogP contribution in [0.4, 0.5) is 0 Å². The molecule has 0 bridgehead atoms. The van der Waals surface area contributed by atoms with Gasteiger partial charge in [-0.2, -0.15) is 0 Å². The molecule has 0 aliphatic carbocycles. The van der Waals surface area contributed by atoms with Crippen molar-refractivity contribution in [3.05, 3.63) is 29.3 Å². The second kappa shape index (κ2) is 6.59. The fourth-order valence-electron chi connectivity index (χ4n) is 2.25. The van der Waals surface area contributed by atoms with E-state index in [4.69, 9.17) is 4.74 Å². The monoisotopic (exact) mass is 279 g/mol. The van der Waals surface area contributed by atoms with Gasteiger partial charge in [-0.1, -0.05) is 17.7 Å². The van der Waals surface area contributed by atoms with Crippen molar-refractivity contribution in [3.63, 3.8) is 0 Å². The third kappa shape index (κ3) is 5.93. The van der Waals surface area contributed by atoms with Crippen molar-refractivity contribution in [1.29, 1.82) is 0 Å². The van der Waals surface area contributed by atoms with Crippen LogP contribution in [0.5, 0.6) is 5.75 Å². The normalized spacial score (nSPS) is 14.9. The molecule has 0 radical (unpaired) electrons. The lowest BCUT2D eigenvalue weighted by Crippen LogP contribution is -2.40. The molecular weight excluding hydrogens is 250 g/mol. The lowest BCUT2D eigenvalue weighted by atomic mass is 9.91. The van der Waals surface area contributed by atoms with Gasteiger partial charge >= 0.3 is 0 Å². The predicted molar refractivity (Wildman–Crippen MR) is 84.4 cm³/mol. The van der Waals surface area contributed by atoms with E-state index >= 15 is 0 Å². The van der Waals surface area contributed by atoms with Gasteiger partial charge in [0.1, 0.15) is 5.75 Å². The first-order chi connectivity index (χ1) is 9.13. The Labute approximate surface area is 123 Å². The smallest absolute Gasteiger partial charge is 0.122 e. The Bertz CT molecular complexity index is 433. The Morgan fingerprint density at radius 3 is 2.40 bits per heavy atom. The van der Waals surface area contributed by atoms with Gasteiger partial charge in [0.05, 0.1) is 12.7 Å². The van der Waals surface area contributed by atoms with Crippen LogP contribution in [0.2, 0.25) is 0 Å². The van der Waals surface area contributed by atoms with Crippen molar-refractivity contribution >= 4 is 0 Å². The van der Waals surface area contributed by atoms with Crippen molar-refractivity contribution < 1.29 is 9.84 Å². The zero-order valence-electron chi connectivity index (χ0n) is 13.7. The quantitative estimate of drug-likeness (QED) is 0.841. The average molecular weight is 279 g/mol. The van der Waals surface area contributed by atoms with E-state index in [-0.39, 0.29) is 5.54 Å². The minimum absolute atomic E-state index is 0.0805. The third-order valence-corrected chi connectivity index (χ3v) is 3.33. The van der Waals surface area contributed by atoms with Gasteiger partial charge in [-0.05, 0) is 59.2 Å². The lowest BCUT2D eigenvalue weighted by molar-refractivity contribution is 0.0493. The van der Waals surface area contributed by atoms with E-state index in [0.29, 0.717) is 12.8 Å². The molecule has 3 heteroatoms. The molecule has 1 aromatic rings. The molecule has 0 saturated heterocycles. The molecule has 0 aliphatic heterocycles. The number of aliphatic hydroxyl groups is 1. The molecule has 0 aliphatic rings. The van der Waals surface area contributed by atoms with Crippen molar-refractivity contribution in [2.45, 2.75) is 58.6 Å². The van der Waals surface area contributed by atoms with Crippen LogP contribution in [0.3, 0.4) is 0 Å². The summed E-state index contributed by atoms with van der Waals surface area (Å²) in [4.78, 5) is 0. The van der Waals surface area contributed by atoms with Gasteiger partial charge in [0.25, 0.3) is 0 Å². The molecule has 2 N–H and O–H groups in total. The summed E-state index contributed by atoms with van der Waals surface area (Å²) in [7, 11) is 1.67. The second-order valence-electron chi connectivity index (χ2n) is 6.92. The molecule has 0 amide bonds. The second-order valence-corrected chi connectivity index (χ2v) is 6.92. The standard InChI is InChI=1S/C17H29NO2/c1-13-7-8-15(20-6)14(11-13)12-17(5,19)9-10-18-16(2,3)4/h7-8,11,18-19H,9-10,12H2,1-6H3. The van der Waals surface area contributed by atoms with Crippen molar-refractivity contribution in [2.75, 3.05) is 13.7 Å². The molecule has 1 unspecified atom stereocenters. The molecule has 0 heterocycles. The summed E-state index contributed by atoms with van der Waals surface area (Å²) in [5.41, 5.74) is 1.59. The van der Waals surface area contributed by atoms with Gasteiger partial charge in [0.15, 0.2) is 0 Å². The number of benzene rings is 1. The molecule has 1 aromatic carbocycles. The SMILES string of the molecule is COc1ccc(C)cc1CC(C)(O)CCNC(C)(C)C. The molecule has 1 rings (SSSR count). The number of ether oxygens (including phenoxy) is 1. The van der Waals surface area contributed by atoms with Crippen LogP contribution in [-0.2, 0) is 6.42 Å². The summed E-state index contributed by atoms with van der Waals surface area (Å²) in [5.74, 6) is 0.847. The van der Waals surface area contributed by atoms with E-state index in [1.807, 2.05) is 19.1 Å². The molecule has 3 nitrogen and oxygen atoms in total. The molecule has 0 fully saturated rings. The van der Waals surface area contributed by atoms with E-state index in [2.05, 4.69) is 39.1 Å². The summed E-state index contributed by atoms with van der Waals surface area (Å²) in [6, 6.07) is 6.08. The first-order valence-corrected chi connectivity index (χ1v) is 7.24. The zero-order valence-corrected chi connectivity index (χ0v) is 13.7. The highest BCUT2D eigenvalue weighted by molar-refractivity contribution is 5.37. The van der Waals surface area contributed by atoms with Crippen LogP contribution >= 0.6 is 0 Å². The highest BCUT2D eigenvalue weighted by atomic mass is 16.5. The van der Waals surface area contributed by atoms with Crippen LogP contribution < -0.4 is 10.1 Å². The zero-order chi connectivity index (χ0) is 15.4. The Hall–Kier alpha value is -1.06. The van der Waals surface area contributed by atoms with Crippen LogP contribution in [0.1, 0.15) is 45.2 Å². The first-order valence-electron chi connectivity index (χ1n) is 7.24. The van der Waals surface area contributed by atoms with Gasteiger partial charge in [-0.25, -0.2) is 0 Å². The third-order valence-electron chi connectivity index (χ3n) is 3.33. The predicted octanol–water partition coefficient (Wildman–Crippen LogP) is 3.08. The lowest BCUT2D eigenvalue weighted by Gasteiger charge is -2.27. The molecule has 0 aromatic heterocycles. The molecule has 114 valence electrons. The van der Waals surface area contributed by atoms with E-state index in [1.54, 1.807) is 7.11 Å². The van der Waals surface area contributed by atoms with Crippen molar-refractivity contribution in [3.8, 4) is 5.75 Å². The fourth-order valence-corrected chi connectivity index (χ4v) is 2.25. The molecule has 20 heavy (non-hydrogen) atoms. The molecule has 0 spiro atoms. The number of nitrogens with one attached hydrogen (secondary N) is 1. The summed E-state index contributed by atoms with van der Waals surface area (Å²) in [5, 5.41) is 14.0. The average Bonchev–Trinajstić information content (AvgIpc) is 2.26. The maximum Gasteiger partial charge on any atom is 0.122 e. The van der Waals surface area contributed by atoms with E-state index < -0.39 is 5.60 Å². The first kappa shape index (κ1) is 17.0. The van der Waals surface area contributed by atoms with E-state index in [1.165, 1.54) is 5.56 Å². The topological polar surface area (TPSA) is 41.5 Å². The number of hydrogen-bond donors (Lipinski definition) is 2. The van der Waals surface area contributed by atoms with Gasteiger partial charge in [-0.3, -0.25) is 0 Å². The summed E-state index contributed by atoms with van der Waals surface area (Å²) >= 11 is 0. The van der Waals surface area contributed by atoms with Crippen molar-refractivity contribution in [1.82, 2.24) is 5.32 Å². The van der Waals surface area contributed by atoms with Crippen LogP contribution in [0.25, 0.3) is 0 Å². The largest absolute Gasteiger partial charge is 0.496 e. The fraction of sp³-hybridized carbons (Fsp3) is 0.647. The molecular formula is C17H29NO2. The number of methoxy groups -OCH3 is 1. The van der Waals surface area contributed by atoms with Crippen LogP contribution in [0, 0.1) is 6.92 Å². The van der Waals surface area contributed by atoms with E-state index in [9.17, 15) is 5.11 Å². The summed E-state index contributed by atoms with van der Waals surface area (Å²) < 4.78 is 5.38. The minimum atomic E-state index is -0.737. The maximum atomic E-state index is 10.6. The van der Waals surface area contributed by atoms with E-state index in [0.717, 1.165) is 17.9 Å². The minimum Gasteiger partial charge on any atom is -0.496 e. The number of rotatable bonds is 6. The van der Waals surface area contributed by atoms with Gasteiger partial charge in [0, 0.05) is 12.0 Å². The van der Waals surface area contributed by atoms with Gasteiger partial charge < -0.3 is 15.2 Å².